The second kappa shape index (κ2) is 5.40. The van der Waals surface area contributed by atoms with Crippen molar-refractivity contribution in [1.29, 1.82) is 0 Å². The summed E-state index contributed by atoms with van der Waals surface area (Å²) in [6.07, 6.45) is 2.28. The van der Waals surface area contributed by atoms with Crippen LogP contribution in [0, 0.1) is 0 Å². The lowest BCUT2D eigenvalue weighted by atomic mass is 9.74. The van der Waals surface area contributed by atoms with E-state index in [9.17, 15) is 13.2 Å². The van der Waals surface area contributed by atoms with E-state index in [0.717, 1.165) is 16.9 Å². The maximum absolute atomic E-state index is 13.4. The highest BCUT2D eigenvalue weighted by atomic mass is 32.2. The summed E-state index contributed by atoms with van der Waals surface area (Å²) in [5, 5.41) is 3.93. The summed E-state index contributed by atoms with van der Waals surface area (Å²) >= 11 is 1.56. The van der Waals surface area contributed by atoms with Crippen molar-refractivity contribution in [3.8, 4) is 0 Å². The summed E-state index contributed by atoms with van der Waals surface area (Å²) in [5.74, 6) is 0.0650. The SMILES string of the molecule is CS(=O)(=O)N1CCC2(CC1)C(=O)N(c1ccsc1)c1ccccc12. The van der Waals surface area contributed by atoms with Crippen molar-refractivity contribution < 1.29 is 13.2 Å². The van der Waals surface area contributed by atoms with Gasteiger partial charge in [0.15, 0.2) is 0 Å². The van der Waals surface area contributed by atoms with Crippen molar-refractivity contribution in [2.24, 2.45) is 0 Å². The van der Waals surface area contributed by atoms with Crippen LogP contribution in [0.25, 0.3) is 0 Å². The lowest BCUT2D eigenvalue weighted by Crippen LogP contribution is -2.49. The number of hydrogen-bond acceptors (Lipinski definition) is 4. The van der Waals surface area contributed by atoms with Gasteiger partial charge in [-0.1, -0.05) is 18.2 Å². The summed E-state index contributed by atoms with van der Waals surface area (Å²) in [5.41, 5.74) is 2.22. The fourth-order valence-corrected chi connectivity index (χ4v) is 5.30. The van der Waals surface area contributed by atoms with Crippen LogP contribution in [0.4, 0.5) is 11.4 Å². The standard InChI is InChI=1S/C17H18N2O3S2/c1-24(21,22)18-9-7-17(8-10-18)14-4-2-3-5-15(14)19(16(17)20)13-6-11-23-12-13/h2-6,11-12H,7-10H2,1H3. The molecule has 1 spiro atoms. The number of carbonyl (C=O) groups is 1. The first kappa shape index (κ1) is 15.8. The Bertz CT molecular complexity index is 882. The maximum Gasteiger partial charge on any atom is 0.242 e. The topological polar surface area (TPSA) is 57.7 Å². The van der Waals surface area contributed by atoms with Crippen LogP contribution >= 0.6 is 11.3 Å². The van der Waals surface area contributed by atoms with E-state index in [2.05, 4.69) is 0 Å². The maximum atomic E-state index is 13.4. The summed E-state index contributed by atoms with van der Waals surface area (Å²) < 4.78 is 25.1. The van der Waals surface area contributed by atoms with E-state index in [1.165, 1.54) is 10.6 Å². The van der Waals surface area contributed by atoms with Gasteiger partial charge in [0.1, 0.15) is 0 Å². The van der Waals surface area contributed by atoms with E-state index in [-0.39, 0.29) is 5.91 Å². The number of hydrogen-bond donors (Lipinski definition) is 0. The first-order valence-corrected chi connectivity index (χ1v) is 10.6. The highest BCUT2D eigenvalue weighted by molar-refractivity contribution is 7.88. The van der Waals surface area contributed by atoms with E-state index in [1.54, 1.807) is 16.2 Å². The third-order valence-electron chi connectivity index (χ3n) is 5.08. The van der Waals surface area contributed by atoms with Gasteiger partial charge in [-0.2, -0.15) is 11.3 Å². The first-order valence-electron chi connectivity index (χ1n) is 7.85. The normalized spacial score (nSPS) is 20.5. The Morgan fingerprint density at radius 1 is 1.12 bits per heavy atom. The lowest BCUT2D eigenvalue weighted by molar-refractivity contribution is -0.123. The van der Waals surface area contributed by atoms with Gasteiger partial charge in [-0.25, -0.2) is 12.7 Å². The van der Waals surface area contributed by atoms with Gasteiger partial charge in [-0.05, 0) is 35.9 Å². The van der Waals surface area contributed by atoms with Crippen LogP contribution in [0.1, 0.15) is 18.4 Å². The fraction of sp³-hybridized carbons (Fsp3) is 0.353. The number of fused-ring (bicyclic) bond motifs is 2. The number of piperidine rings is 1. The molecule has 1 fully saturated rings. The zero-order valence-corrected chi connectivity index (χ0v) is 14.9. The molecule has 0 radical (unpaired) electrons. The Hall–Kier alpha value is -1.70. The van der Waals surface area contributed by atoms with Crippen molar-refractivity contribution in [3.05, 3.63) is 46.7 Å². The Morgan fingerprint density at radius 2 is 1.83 bits per heavy atom. The molecule has 0 bridgehead atoms. The number of amides is 1. The van der Waals surface area contributed by atoms with Crippen LogP contribution in [0.3, 0.4) is 0 Å². The molecule has 0 unspecified atom stereocenters. The van der Waals surface area contributed by atoms with Gasteiger partial charge in [0.2, 0.25) is 15.9 Å². The van der Waals surface area contributed by atoms with E-state index in [4.69, 9.17) is 0 Å². The van der Waals surface area contributed by atoms with Gasteiger partial charge >= 0.3 is 0 Å². The van der Waals surface area contributed by atoms with Crippen LogP contribution in [0.2, 0.25) is 0 Å². The molecule has 3 heterocycles. The molecular formula is C17H18N2O3S2. The zero-order valence-electron chi connectivity index (χ0n) is 13.3. The molecule has 1 amide bonds. The van der Waals surface area contributed by atoms with E-state index >= 15 is 0 Å². The Balaban J connectivity index is 1.77. The third kappa shape index (κ3) is 2.22. The van der Waals surface area contributed by atoms with E-state index in [1.807, 2.05) is 41.1 Å². The van der Waals surface area contributed by atoms with Gasteiger partial charge in [-0.15, -0.1) is 0 Å². The summed E-state index contributed by atoms with van der Waals surface area (Å²) in [6.45, 7) is 0.771. The molecule has 5 nitrogen and oxygen atoms in total. The molecule has 4 rings (SSSR count). The van der Waals surface area contributed by atoms with Crippen LogP contribution in [0.5, 0.6) is 0 Å². The molecule has 0 aliphatic carbocycles. The smallest absolute Gasteiger partial charge is 0.242 e. The number of rotatable bonds is 2. The number of thiophene rings is 1. The highest BCUT2D eigenvalue weighted by Crippen LogP contribution is 2.50. The van der Waals surface area contributed by atoms with Crippen LogP contribution in [0.15, 0.2) is 41.1 Å². The number of para-hydroxylation sites is 1. The Morgan fingerprint density at radius 3 is 2.46 bits per heavy atom. The first-order chi connectivity index (χ1) is 11.4. The summed E-state index contributed by atoms with van der Waals surface area (Å²) in [7, 11) is -3.21. The Kier molecular flexibility index (Phi) is 3.56. The minimum Gasteiger partial charge on any atom is -0.279 e. The van der Waals surface area contributed by atoms with Gasteiger partial charge in [0.25, 0.3) is 0 Å². The van der Waals surface area contributed by atoms with Crippen molar-refractivity contribution >= 4 is 38.6 Å². The number of nitrogens with zero attached hydrogens (tertiary/aromatic N) is 2. The van der Waals surface area contributed by atoms with Crippen molar-refractivity contribution in [2.45, 2.75) is 18.3 Å². The molecule has 2 aliphatic heterocycles. The van der Waals surface area contributed by atoms with E-state index in [0.29, 0.717) is 25.9 Å². The van der Waals surface area contributed by atoms with Gasteiger partial charge < -0.3 is 0 Å². The lowest BCUT2D eigenvalue weighted by Gasteiger charge is -2.37. The quantitative estimate of drug-likeness (QED) is 0.825. The van der Waals surface area contributed by atoms with E-state index < -0.39 is 15.4 Å². The van der Waals surface area contributed by atoms with Crippen molar-refractivity contribution in [3.63, 3.8) is 0 Å². The predicted octanol–water partition coefficient (Wildman–Crippen LogP) is 2.72. The average molecular weight is 362 g/mol. The number of anilines is 2. The fourth-order valence-electron chi connectivity index (χ4n) is 3.84. The molecule has 2 aromatic rings. The molecule has 1 aromatic carbocycles. The van der Waals surface area contributed by atoms with Crippen LogP contribution in [-0.2, 0) is 20.2 Å². The summed E-state index contributed by atoms with van der Waals surface area (Å²) in [6, 6.07) is 9.83. The highest BCUT2D eigenvalue weighted by Gasteiger charge is 2.53. The molecule has 0 N–H and O–H groups in total. The molecular weight excluding hydrogens is 344 g/mol. The molecule has 126 valence electrons. The minimum absolute atomic E-state index is 0.0650. The molecule has 0 atom stereocenters. The monoisotopic (exact) mass is 362 g/mol. The number of benzene rings is 1. The second-order valence-corrected chi connectivity index (χ2v) is 9.15. The van der Waals surface area contributed by atoms with Gasteiger partial charge in [0, 0.05) is 18.5 Å². The summed E-state index contributed by atoms with van der Waals surface area (Å²) in [4.78, 5) is 15.2. The average Bonchev–Trinajstić information content (AvgIpc) is 3.15. The molecule has 1 saturated heterocycles. The number of sulfonamides is 1. The molecule has 24 heavy (non-hydrogen) atoms. The predicted molar refractivity (Wildman–Crippen MR) is 95.2 cm³/mol. The molecule has 0 saturated carbocycles. The zero-order chi connectivity index (χ0) is 16.9. The molecule has 1 aromatic heterocycles. The minimum atomic E-state index is -3.21. The largest absolute Gasteiger partial charge is 0.279 e. The third-order valence-corrected chi connectivity index (χ3v) is 7.06. The molecule has 2 aliphatic rings. The Labute approximate surface area is 145 Å². The van der Waals surface area contributed by atoms with Gasteiger partial charge in [0.05, 0.1) is 23.0 Å². The second-order valence-electron chi connectivity index (χ2n) is 6.38. The van der Waals surface area contributed by atoms with Crippen LogP contribution in [-0.4, -0.2) is 38.0 Å². The van der Waals surface area contributed by atoms with Gasteiger partial charge in [-0.3, -0.25) is 9.69 Å². The molecule has 7 heteroatoms. The van der Waals surface area contributed by atoms with Crippen molar-refractivity contribution in [1.82, 2.24) is 4.31 Å². The number of carbonyl (C=O) groups excluding carboxylic acids is 1. The van der Waals surface area contributed by atoms with Crippen molar-refractivity contribution in [2.75, 3.05) is 24.2 Å². The van der Waals surface area contributed by atoms with Crippen LogP contribution < -0.4 is 4.90 Å².